The quantitative estimate of drug-likeness (QED) is 0.355. The minimum atomic E-state index is -4.21. The number of nitrogens with one attached hydrogen (secondary N) is 1. The van der Waals surface area contributed by atoms with Crippen molar-refractivity contribution >= 4 is 28.3 Å². The van der Waals surface area contributed by atoms with Gasteiger partial charge in [0.1, 0.15) is 6.04 Å². The second kappa shape index (κ2) is 13.0. The van der Waals surface area contributed by atoms with E-state index in [1.54, 1.807) is 37.1 Å². The molecule has 1 aliphatic carbocycles. The van der Waals surface area contributed by atoms with Crippen LogP contribution in [0.2, 0.25) is 0 Å². The van der Waals surface area contributed by atoms with Gasteiger partial charge in [-0.05, 0) is 61.4 Å². The Balaban J connectivity index is 0.00000432. The minimum Gasteiger partial charge on any atom is -0.493 e. The molecule has 1 atom stereocenters. The van der Waals surface area contributed by atoms with Gasteiger partial charge in [-0.2, -0.15) is 4.31 Å². The SMILES string of the molecule is COc1ccc(S(=O)(=O)N(Cc2ccncc2)C(C(=O)NO)C2CCC(OC)CC2)cc1OC.Cl. The zero-order valence-electron chi connectivity index (χ0n) is 19.9. The summed E-state index contributed by atoms with van der Waals surface area (Å²) >= 11 is 0. The van der Waals surface area contributed by atoms with Gasteiger partial charge in [0, 0.05) is 32.1 Å². The van der Waals surface area contributed by atoms with Crippen LogP contribution in [0.25, 0.3) is 0 Å². The van der Waals surface area contributed by atoms with Crippen molar-refractivity contribution in [3.8, 4) is 11.5 Å². The second-order valence-corrected chi connectivity index (χ2v) is 10.0. The van der Waals surface area contributed by atoms with Crippen molar-refractivity contribution in [2.75, 3.05) is 21.3 Å². The van der Waals surface area contributed by atoms with Gasteiger partial charge in [0.15, 0.2) is 11.5 Å². The molecule has 0 saturated heterocycles. The highest BCUT2D eigenvalue weighted by molar-refractivity contribution is 7.89. The monoisotopic (exact) mass is 529 g/mol. The number of aromatic nitrogens is 1. The van der Waals surface area contributed by atoms with Gasteiger partial charge < -0.3 is 14.2 Å². The summed E-state index contributed by atoms with van der Waals surface area (Å²) in [5.41, 5.74) is 2.34. The topological polar surface area (TPSA) is 127 Å². The van der Waals surface area contributed by atoms with Crippen LogP contribution >= 0.6 is 12.4 Å². The Morgan fingerprint density at radius 1 is 1.09 bits per heavy atom. The Morgan fingerprint density at radius 3 is 2.26 bits per heavy atom. The number of methoxy groups -OCH3 is 3. The number of halogens is 1. The van der Waals surface area contributed by atoms with E-state index >= 15 is 0 Å². The van der Waals surface area contributed by atoms with E-state index in [1.165, 1.54) is 32.4 Å². The number of rotatable bonds is 10. The highest BCUT2D eigenvalue weighted by Gasteiger charge is 2.42. The summed E-state index contributed by atoms with van der Waals surface area (Å²) < 4.78 is 45.0. The van der Waals surface area contributed by atoms with Crippen LogP contribution in [0.1, 0.15) is 31.2 Å². The fraction of sp³-hybridized carbons (Fsp3) is 0.478. The van der Waals surface area contributed by atoms with Crippen LogP contribution in [0, 0.1) is 5.92 Å². The number of hydroxylamine groups is 1. The molecule has 1 fully saturated rings. The van der Waals surface area contributed by atoms with Crippen molar-refractivity contribution in [1.29, 1.82) is 0 Å². The van der Waals surface area contributed by atoms with E-state index in [9.17, 15) is 18.4 Å². The van der Waals surface area contributed by atoms with Gasteiger partial charge in [0.2, 0.25) is 10.0 Å². The van der Waals surface area contributed by atoms with E-state index in [-0.39, 0.29) is 41.6 Å². The molecule has 0 radical (unpaired) electrons. The number of ether oxygens (including phenoxy) is 3. The van der Waals surface area contributed by atoms with Crippen molar-refractivity contribution in [3.05, 3.63) is 48.3 Å². The lowest BCUT2D eigenvalue weighted by Gasteiger charge is -2.38. The minimum absolute atomic E-state index is 0. The third-order valence-corrected chi connectivity index (χ3v) is 8.06. The number of hydrogen-bond acceptors (Lipinski definition) is 8. The molecule has 0 bridgehead atoms. The number of nitrogens with zero attached hydrogens (tertiary/aromatic N) is 2. The van der Waals surface area contributed by atoms with Crippen LogP contribution < -0.4 is 15.0 Å². The number of sulfonamides is 1. The van der Waals surface area contributed by atoms with Crippen molar-refractivity contribution < 1.29 is 32.6 Å². The predicted molar refractivity (Wildman–Crippen MR) is 130 cm³/mol. The molecular weight excluding hydrogens is 498 g/mol. The van der Waals surface area contributed by atoms with Crippen molar-refractivity contribution in [2.45, 2.75) is 49.3 Å². The van der Waals surface area contributed by atoms with Crippen LogP contribution in [0.4, 0.5) is 0 Å². The van der Waals surface area contributed by atoms with Gasteiger partial charge in [-0.1, -0.05) is 0 Å². The third kappa shape index (κ3) is 6.62. The first-order valence-corrected chi connectivity index (χ1v) is 12.4. The van der Waals surface area contributed by atoms with E-state index < -0.39 is 22.0 Å². The molecule has 1 heterocycles. The van der Waals surface area contributed by atoms with Gasteiger partial charge >= 0.3 is 0 Å². The summed E-state index contributed by atoms with van der Waals surface area (Å²) in [4.78, 5) is 16.9. The molecule has 0 aliphatic heterocycles. The summed E-state index contributed by atoms with van der Waals surface area (Å²) in [6.07, 6.45) is 5.70. The average Bonchev–Trinajstić information content (AvgIpc) is 2.88. The molecule has 1 aromatic heterocycles. The van der Waals surface area contributed by atoms with E-state index in [0.29, 0.717) is 37.0 Å². The van der Waals surface area contributed by atoms with E-state index in [2.05, 4.69) is 4.98 Å². The zero-order chi connectivity index (χ0) is 24.7. The lowest BCUT2D eigenvalue weighted by atomic mass is 9.82. The first-order valence-electron chi connectivity index (χ1n) is 10.9. The number of amides is 1. The highest BCUT2D eigenvalue weighted by atomic mass is 35.5. The standard InChI is InChI=1S/C23H31N3O7S.ClH/c1-31-18-6-4-17(5-7-18)22(23(27)25-28)26(15-16-10-12-24-13-11-16)34(29,30)19-8-9-20(32-2)21(14-19)33-3;/h8-14,17-18,22,28H,4-7,15H2,1-3H3,(H,25,27);1H. The number of carbonyl (C=O) groups is 1. The Morgan fingerprint density at radius 2 is 1.71 bits per heavy atom. The molecule has 12 heteroatoms. The summed E-state index contributed by atoms with van der Waals surface area (Å²) in [7, 11) is 0.308. The molecule has 2 aromatic rings. The second-order valence-electron chi connectivity index (χ2n) is 8.12. The van der Waals surface area contributed by atoms with Gasteiger partial charge in [0.05, 0.1) is 25.2 Å². The first kappa shape index (κ1) is 28.8. The fourth-order valence-electron chi connectivity index (χ4n) is 4.40. The molecule has 1 aromatic carbocycles. The molecule has 0 spiro atoms. The normalized spacial score (nSPS) is 18.9. The van der Waals surface area contributed by atoms with Gasteiger partial charge in [-0.3, -0.25) is 15.0 Å². The number of carbonyl (C=O) groups excluding carboxylic acids is 1. The van der Waals surface area contributed by atoms with E-state index in [0.717, 1.165) is 4.31 Å². The molecule has 1 saturated carbocycles. The Bertz CT molecular complexity index is 1060. The molecular formula is C23H32ClN3O7S. The highest BCUT2D eigenvalue weighted by Crippen LogP contribution is 2.36. The Kier molecular flexibility index (Phi) is 10.7. The summed E-state index contributed by atoms with van der Waals surface area (Å²) in [6.45, 7) is -0.0819. The predicted octanol–water partition coefficient (Wildman–Crippen LogP) is 2.79. The van der Waals surface area contributed by atoms with Crippen molar-refractivity contribution in [2.24, 2.45) is 5.92 Å². The fourth-order valence-corrected chi connectivity index (χ4v) is 6.05. The van der Waals surface area contributed by atoms with Crippen molar-refractivity contribution in [3.63, 3.8) is 0 Å². The average molecular weight is 530 g/mol. The zero-order valence-corrected chi connectivity index (χ0v) is 21.5. The molecule has 1 amide bonds. The lowest BCUT2D eigenvalue weighted by Crippen LogP contribution is -2.53. The first-order chi connectivity index (χ1) is 16.3. The molecule has 2 N–H and O–H groups in total. The van der Waals surface area contributed by atoms with Gasteiger partial charge in [0.25, 0.3) is 5.91 Å². The van der Waals surface area contributed by atoms with Crippen molar-refractivity contribution in [1.82, 2.24) is 14.8 Å². The summed E-state index contributed by atoms with van der Waals surface area (Å²) in [6, 6.07) is 6.52. The molecule has 194 valence electrons. The smallest absolute Gasteiger partial charge is 0.262 e. The van der Waals surface area contributed by atoms with Crippen LogP contribution in [0.15, 0.2) is 47.6 Å². The number of pyridine rings is 1. The molecule has 1 aliphatic rings. The van der Waals surface area contributed by atoms with Crippen LogP contribution in [0.5, 0.6) is 11.5 Å². The van der Waals surface area contributed by atoms with Gasteiger partial charge in [-0.25, -0.2) is 13.9 Å². The maximum atomic E-state index is 14.0. The van der Waals surface area contributed by atoms with E-state index in [4.69, 9.17) is 14.2 Å². The molecule has 3 rings (SSSR count). The molecule has 35 heavy (non-hydrogen) atoms. The Hall–Kier alpha value is -2.44. The summed E-state index contributed by atoms with van der Waals surface area (Å²) in [5.74, 6) is -0.463. The van der Waals surface area contributed by atoms with Crippen LogP contribution in [-0.2, 0) is 26.1 Å². The number of hydrogen-bond donors (Lipinski definition) is 2. The van der Waals surface area contributed by atoms with E-state index in [1.807, 2.05) is 0 Å². The Labute approximate surface area is 212 Å². The lowest BCUT2D eigenvalue weighted by molar-refractivity contribution is -0.136. The van der Waals surface area contributed by atoms with Crippen LogP contribution in [-0.4, -0.2) is 62.3 Å². The van der Waals surface area contributed by atoms with Gasteiger partial charge in [-0.15, -0.1) is 12.4 Å². The maximum Gasteiger partial charge on any atom is 0.262 e. The van der Waals surface area contributed by atoms with Crippen LogP contribution in [0.3, 0.4) is 0 Å². The largest absolute Gasteiger partial charge is 0.493 e. The molecule has 1 unspecified atom stereocenters. The third-order valence-electron chi connectivity index (χ3n) is 6.24. The molecule has 10 nitrogen and oxygen atoms in total. The number of benzene rings is 1. The summed E-state index contributed by atoms with van der Waals surface area (Å²) in [5, 5.41) is 9.54. The maximum absolute atomic E-state index is 14.0.